The fourth-order valence-corrected chi connectivity index (χ4v) is 4.19. The minimum absolute atomic E-state index is 0.850. The number of rotatable bonds is 3. The summed E-state index contributed by atoms with van der Waals surface area (Å²) in [5, 5.41) is 0. The van der Waals surface area contributed by atoms with Gasteiger partial charge < -0.3 is 14.4 Å². The molecule has 4 heteroatoms. The van der Waals surface area contributed by atoms with Gasteiger partial charge in [-0.15, -0.1) is 0 Å². The number of para-hydroxylation sites is 1. The summed E-state index contributed by atoms with van der Waals surface area (Å²) in [5.74, 6) is 1.33. The standard InChI is InChI=1S/C23H24N4/c1-3-7-19(8-4-1)23-21-11-12-22(27(21)14-13-24-23)26-17-15-25(16-18-26)20-9-5-2-6-10-20/h1-12H,13-18H2. The monoisotopic (exact) mass is 356 g/mol. The third kappa shape index (κ3) is 3.01. The fourth-order valence-electron chi connectivity index (χ4n) is 4.19. The quantitative estimate of drug-likeness (QED) is 0.715. The van der Waals surface area contributed by atoms with E-state index in [0.29, 0.717) is 0 Å². The molecule has 1 aromatic heterocycles. The van der Waals surface area contributed by atoms with E-state index < -0.39 is 0 Å². The van der Waals surface area contributed by atoms with E-state index in [-0.39, 0.29) is 0 Å². The first kappa shape index (κ1) is 16.2. The molecule has 0 bridgehead atoms. The zero-order valence-corrected chi connectivity index (χ0v) is 15.5. The van der Waals surface area contributed by atoms with Crippen LogP contribution in [0.25, 0.3) is 0 Å². The lowest BCUT2D eigenvalue weighted by Crippen LogP contribution is -2.47. The van der Waals surface area contributed by atoms with E-state index >= 15 is 0 Å². The number of hydrogen-bond acceptors (Lipinski definition) is 3. The molecule has 0 amide bonds. The lowest BCUT2D eigenvalue weighted by Gasteiger charge is -2.38. The highest BCUT2D eigenvalue weighted by Gasteiger charge is 2.24. The SMILES string of the molecule is c1ccc(C2=NCCn3c2ccc3N2CCN(c3ccccc3)CC2)cc1. The number of hydrogen-bond donors (Lipinski definition) is 0. The number of benzene rings is 2. The van der Waals surface area contributed by atoms with Gasteiger partial charge in [0.15, 0.2) is 0 Å². The summed E-state index contributed by atoms with van der Waals surface area (Å²) in [4.78, 5) is 9.82. The van der Waals surface area contributed by atoms with Gasteiger partial charge in [-0.1, -0.05) is 48.5 Å². The highest BCUT2D eigenvalue weighted by Crippen LogP contribution is 2.26. The highest BCUT2D eigenvalue weighted by atomic mass is 15.3. The molecule has 0 atom stereocenters. The van der Waals surface area contributed by atoms with Crippen LogP contribution in [-0.2, 0) is 6.54 Å². The Morgan fingerprint density at radius 2 is 1.30 bits per heavy atom. The fraction of sp³-hybridized carbons (Fsp3) is 0.261. The molecule has 0 spiro atoms. The van der Waals surface area contributed by atoms with E-state index in [2.05, 4.69) is 87.2 Å². The maximum Gasteiger partial charge on any atom is 0.109 e. The molecule has 0 unspecified atom stereocenters. The normalized spacial score (nSPS) is 16.8. The molecule has 136 valence electrons. The van der Waals surface area contributed by atoms with Crippen molar-refractivity contribution in [3.63, 3.8) is 0 Å². The Morgan fingerprint density at radius 1 is 0.630 bits per heavy atom. The Balaban J connectivity index is 1.36. The van der Waals surface area contributed by atoms with Crippen LogP contribution in [0.1, 0.15) is 11.3 Å². The molecule has 5 rings (SSSR count). The molecule has 0 aliphatic carbocycles. The minimum Gasteiger partial charge on any atom is -0.368 e. The predicted molar refractivity (Wildman–Crippen MR) is 112 cm³/mol. The van der Waals surface area contributed by atoms with Crippen molar-refractivity contribution in [3.8, 4) is 0 Å². The van der Waals surface area contributed by atoms with Gasteiger partial charge in [-0.3, -0.25) is 4.99 Å². The summed E-state index contributed by atoms with van der Waals surface area (Å²) in [7, 11) is 0. The van der Waals surface area contributed by atoms with Gasteiger partial charge in [0, 0.05) is 44.0 Å². The van der Waals surface area contributed by atoms with Crippen LogP contribution in [0.3, 0.4) is 0 Å². The molecule has 27 heavy (non-hydrogen) atoms. The summed E-state index contributed by atoms with van der Waals surface area (Å²) >= 11 is 0. The number of fused-ring (bicyclic) bond motifs is 1. The molecule has 3 aromatic rings. The van der Waals surface area contributed by atoms with Crippen molar-refractivity contribution < 1.29 is 0 Å². The number of aliphatic imine (C=N–C) groups is 1. The van der Waals surface area contributed by atoms with Crippen LogP contribution in [0.15, 0.2) is 77.8 Å². The van der Waals surface area contributed by atoms with Crippen molar-refractivity contribution in [2.75, 3.05) is 42.5 Å². The van der Waals surface area contributed by atoms with Gasteiger partial charge in [-0.2, -0.15) is 0 Å². The first-order valence-corrected chi connectivity index (χ1v) is 9.75. The van der Waals surface area contributed by atoms with Crippen molar-refractivity contribution >= 4 is 17.2 Å². The van der Waals surface area contributed by atoms with E-state index in [1.165, 1.54) is 22.8 Å². The Kier molecular flexibility index (Phi) is 4.17. The molecule has 2 aliphatic rings. The van der Waals surface area contributed by atoms with Crippen molar-refractivity contribution in [1.82, 2.24) is 4.57 Å². The summed E-state index contributed by atoms with van der Waals surface area (Å²) in [6.45, 7) is 6.04. The van der Waals surface area contributed by atoms with Crippen LogP contribution in [0.5, 0.6) is 0 Å². The number of nitrogens with zero attached hydrogens (tertiary/aromatic N) is 4. The molecule has 1 fully saturated rings. The van der Waals surface area contributed by atoms with Gasteiger partial charge in [0.25, 0.3) is 0 Å². The molecule has 0 radical (unpaired) electrons. The Bertz CT molecular complexity index is 935. The van der Waals surface area contributed by atoms with Gasteiger partial charge >= 0.3 is 0 Å². The van der Waals surface area contributed by atoms with Crippen molar-refractivity contribution in [2.45, 2.75) is 6.54 Å². The summed E-state index contributed by atoms with van der Waals surface area (Å²) in [6, 6.07) is 25.8. The maximum atomic E-state index is 4.82. The van der Waals surface area contributed by atoms with E-state index in [1.54, 1.807) is 0 Å². The molecule has 0 N–H and O–H groups in total. The predicted octanol–water partition coefficient (Wildman–Crippen LogP) is 3.67. The van der Waals surface area contributed by atoms with E-state index in [9.17, 15) is 0 Å². The van der Waals surface area contributed by atoms with Gasteiger partial charge in [0.05, 0.1) is 18.0 Å². The second kappa shape index (κ2) is 6.95. The van der Waals surface area contributed by atoms with Crippen LogP contribution in [0, 0.1) is 0 Å². The number of aromatic nitrogens is 1. The Morgan fingerprint density at radius 3 is 2.04 bits per heavy atom. The topological polar surface area (TPSA) is 23.8 Å². The second-order valence-electron chi connectivity index (χ2n) is 7.13. The van der Waals surface area contributed by atoms with E-state index in [4.69, 9.17) is 4.99 Å². The minimum atomic E-state index is 0.850. The number of piperazine rings is 1. The second-order valence-corrected chi connectivity index (χ2v) is 7.13. The smallest absolute Gasteiger partial charge is 0.109 e. The van der Waals surface area contributed by atoms with Crippen LogP contribution in [-0.4, -0.2) is 43.0 Å². The molecule has 1 saturated heterocycles. The average Bonchev–Trinajstić information content (AvgIpc) is 3.19. The average molecular weight is 356 g/mol. The van der Waals surface area contributed by atoms with Gasteiger partial charge in [-0.05, 0) is 24.3 Å². The molecule has 2 aliphatic heterocycles. The zero-order chi connectivity index (χ0) is 18.1. The number of anilines is 2. The zero-order valence-electron chi connectivity index (χ0n) is 15.5. The third-order valence-corrected chi connectivity index (χ3v) is 5.57. The van der Waals surface area contributed by atoms with Gasteiger partial charge in [-0.25, -0.2) is 0 Å². The molecule has 3 heterocycles. The Hall–Kier alpha value is -3.01. The van der Waals surface area contributed by atoms with Gasteiger partial charge in [0.2, 0.25) is 0 Å². The van der Waals surface area contributed by atoms with Gasteiger partial charge in [0.1, 0.15) is 5.82 Å². The molecule has 2 aromatic carbocycles. The van der Waals surface area contributed by atoms with Crippen LogP contribution < -0.4 is 9.80 Å². The highest BCUT2D eigenvalue weighted by molar-refractivity contribution is 6.12. The lowest BCUT2D eigenvalue weighted by atomic mass is 10.1. The maximum absolute atomic E-state index is 4.82. The largest absolute Gasteiger partial charge is 0.368 e. The van der Waals surface area contributed by atoms with Crippen molar-refractivity contribution in [1.29, 1.82) is 0 Å². The molecule has 0 saturated carbocycles. The van der Waals surface area contributed by atoms with E-state index in [1.807, 2.05) is 0 Å². The lowest BCUT2D eigenvalue weighted by molar-refractivity contribution is 0.613. The van der Waals surface area contributed by atoms with Crippen molar-refractivity contribution in [3.05, 3.63) is 84.1 Å². The summed E-state index contributed by atoms with van der Waals surface area (Å²) < 4.78 is 2.45. The van der Waals surface area contributed by atoms with Crippen LogP contribution in [0.2, 0.25) is 0 Å². The van der Waals surface area contributed by atoms with Crippen molar-refractivity contribution in [2.24, 2.45) is 4.99 Å². The molecular formula is C23H24N4. The first-order chi connectivity index (χ1) is 13.4. The Labute approximate surface area is 160 Å². The summed E-state index contributed by atoms with van der Waals surface area (Å²) in [6.07, 6.45) is 0. The van der Waals surface area contributed by atoms with E-state index in [0.717, 1.165) is 45.0 Å². The first-order valence-electron chi connectivity index (χ1n) is 9.75. The molecule has 4 nitrogen and oxygen atoms in total. The third-order valence-electron chi connectivity index (χ3n) is 5.57. The molecular weight excluding hydrogens is 332 g/mol. The van der Waals surface area contributed by atoms with Crippen LogP contribution >= 0.6 is 0 Å². The van der Waals surface area contributed by atoms with Crippen LogP contribution in [0.4, 0.5) is 11.5 Å². The summed E-state index contributed by atoms with van der Waals surface area (Å²) in [5.41, 5.74) is 4.90.